The second-order valence-electron chi connectivity index (χ2n) is 8.50. The average Bonchev–Trinajstić information content (AvgIpc) is 3.42. The van der Waals surface area contributed by atoms with Gasteiger partial charge in [0.05, 0.1) is 31.6 Å². The van der Waals surface area contributed by atoms with E-state index in [1.54, 1.807) is 36.4 Å². The third kappa shape index (κ3) is 3.29. The Kier molecular flexibility index (Phi) is 4.78. The molecule has 0 aliphatic carbocycles. The van der Waals surface area contributed by atoms with Crippen molar-refractivity contribution >= 4 is 11.8 Å². The van der Waals surface area contributed by atoms with E-state index in [2.05, 4.69) is 4.98 Å². The molecular weight excluding hydrogens is 394 g/mol. The molecule has 1 aromatic heterocycles. The van der Waals surface area contributed by atoms with E-state index in [-0.39, 0.29) is 17.9 Å². The number of likely N-dealkylation sites (tertiary alicyclic amines) is 1. The number of hydrogen-bond donors (Lipinski definition) is 0. The van der Waals surface area contributed by atoms with Gasteiger partial charge in [-0.2, -0.15) is 0 Å². The summed E-state index contributed by atoms with van der Waals surface area (Å²) in [6, 6.07) is 11.5. The molecule has 4 heterocycles. The van der Waals surface area contributed by atoms with Gasteiger partial charge in [0.25, 0.3) is 0 Å². The molecule has 1 aromatic carbocycles. The number of hydrogen-bond acceptors (Lipinski definition) is 5. The van der Waals surface area contributed by atoms with Crippen LogP contribution in [-0.4, -0.2) is 59.0 Å². The quantitative estimate of drug-likeness (QED) is 0.670. The van der Waals surface area contributed by atoms with Crippen molar-refractivity contribution in [1.29, 1.82) is 0 Å². The van der Waals surface area contributed by atoms with Gasteiger partial charge in [-0.3, -0.25) is 14.6 Å². The van der Waals surface area contributed by atoms with Crippen LogP contribution >= 0.6 is 0 Å². The molecule has 2 saturated heterocycles. The van der Waals surface area contributed by atoms with Gasteiger partial charge in [0, 0.05) is 32.5 Å². The van der Waals surface area contributed by atoms with Crippen LogP contribution in [0.1, 0.15) is 11.1 Å². The molecule has 4 atom stereocenters. The highest BCUT2D eigenvalue weighted by molar-refractivity contribution is 5.93. The monoisotopic (exact) mass is 419 g/mol. The van der Waals surface area contributed by atoms with Gasteiger partial charge < -0.3 is 19.3 Å². The van der Waals surface area contributed by atoms with Gasteiger partial charge in [0.1, 0.15) is 11.4 Å². The van der Waals surface area contributed by atoms with Crippen molar-refractivity contribution in [3.05, 3.63) is 72.1 Å². The first-order valence-corrected chi connectivity index (χ1v) is 10.4. The Morgan fingerprint density at radius 1 is 1.32 bits per heavy atom. The van der Waals surface area contributed by atoms with Crippen molar-refractivity contribution < 1.29 is 19.1 Å². The van der Waals surface area contributed by atoms with Crippen LogP contribution < -0.4 is 4.74 Å². The lowest BCUT2D eigenvalue weighted by Gasteiger charge is -2.27. The minimum Gasteiger partial charge on any atom is -0.497 e. The third-order valence-corrected chi connectivity index (χ3v) is 6.49. The lowest BCUT2D eigenvalue weighted by molar-refractivity contribution is -0.142. The highest BCUT2D eigenvalue weighted by Gasteiger charge is 2.67. The van der Waals surface area contributed by atoms with Crippen molar-refractivity contribution in [2.75, 3.05) is 20.7 Å². The normalized spacial score (nSPS) is 28.1. The summed E-state index contributed by atoms with van der Waals surface area (Å²) in [6.07, 6.45) is 7.03. The highest BCUT2D eigenvalue weighted by Crippen LogP contribution is 2.52. The van der Waals surface area contributed by atoms with Crippen LogP contribution in [0, 0.1) is 11.8 Å². The van der Waals surface area contributed by atoms with Gasteiger partial charge in [-0.05, 0) is 29.3 Å². The molecule has 31 heavy (non-hydrogen) atoms. The third-order valence-electron chi connectivity index (χ3n) is 6.49. The standard InChI is InChI=1S/C24H25N3O4/c1-26(13-17-6-4-10-25-12-17)22(28)20-19-8-9-24(31-19)15-27(23(29)21(20)24)14-16-5-3-7-18(11-16)30-2/h3-12,19-21H,13-15H2,1-2H3/t19-,20?,21?,24-/m1/s1. The Balaban J connectivity index is 1.35. The molecule has 0 N–H and O–H groups in total. The van der Waals surface area contributed by atoms with Gasteiger partial charge in [-0.1, -0.05) is 30.4 Å². The van der Waals surface area contributed by atoms with E-state index >= 15 is 0 Å². The van der Waals surface area contributed by atoms with Crippen LogP contribution in [0.25, 0.3) is 0 Å². The number of ether oxygens (including phenoxy) is 2. The van der Waals surface area contributed by atoms with Crippen LogP contribution in [0.5, 0.6) is 5.75 Å². The molecule has 7 heteroatoms. The van der Waals surface area contributed by atoms with E-state index in [1.165, 1.54) is 0 Å². The number of carbonyl (C=O) groups excluding carboxylic acids is 2. The molecule has 0 saturated carbocycles. The zero-order valence-corrected chi connectivity index (χ0v) is 17.6. The molecule has 2 amide bonds. The summed E-state index contributed by atoms with van der Waals surface area (Å²) in [6.45, 7) is 1.36. The van der Waals surface area contributed by atoms with E-state index in [4.69, 9.17) is 9.47 Å². The molecule has 3 aliphatic heterocycles. The van der Waals surface area contributed by atoms with Gasteiger partial charge in [-0.15, -0.1) is 0 Å². The maximum atomic E-state index is 13.4. The fourth-order valence-electron chi connectivity index (χ4n) is 5.08. The zero-order valence-electron chi connectivity index (χ0n) is 17.6. The maximum absolute atomic E-state index is 13.4. The lowest BCUT2D eigenvalue weighted by Crippen LogP contribution is -2.44. The molecule has 160 valence electrons. The summed E-state index contributed by atoms with van der Waals surface area (Å²) in [7, 11) is 3.39. The smallest absolute Gasteiger partial charge is 0.230 e. The number of nitrogens with zero attached hydrogens (tertiary/aromatic N) is 3. The predicted octanol–water partition coefficient (Wildman–Crippen LogP) is 2.03. The SMILES string of the molecule is COc1cccc(CN2C[C@@]34C=C[C@@H](O3)C(C(=O)N(C)Cc3cccnc3)C4C2=O)c1. The van der Waals surface area contributed by atoms with Gasteiger partial charge in [-0.25, -0.2) is 0 Å². The number of aromatic nitrogens is 1. The van der Waals surface area contributed by atoms with E-state index < -0.39 is 17.4 Å². The predicted molar refractivity (Wildman–Crippen MR) is 113 cm³/mol. The summed E-state index contributed by atoms with van der Waals surface area (Å²) in [4.78, 5) is 34.4. The number of pyridine rings is 1. The van der Waals surface area contributed by atoms with Crippen molar-refractivity contribution in [2.24, 2.45) is 11.8 Å². The Bertz CT molecular complexity index is 1040. The van der Waals surface area contributed by atoms with Crippen LogP contribution in [0.15, 0.2) is 60.9 Å². The summed E-state index contributed by atoms with van der Waals surface area (Å²) in [5, 5.41) is 0. The van der Waals surface area contributed by atoms with Crippen LogP contribution in [0.2, 0.25) is 0 Å². The summed E-state index contributed by atoms with van der Waals surface area (Å²) in [5.74, 6) is -0.333. The van der Waals surface area contributed by atoms with Crippen molar-refractivity contribution in [1.82, 2.24) is 14.8 Å². The van der Waals surface area contributed by atoms with Crippen molar-refractivity contribution in [3.63, 3.8) is 0 Å². The van der Waals surface area contributed by atoms with Crippen LogP contribution in [0.4, 0.5) is 0 Å². The largest absolute Gasteiger partial charge is 0.497 e. The molecule has 1 spiro atoms. The molecule has 3 aliphatic rings. The summed E-state index contributed by atoms with van der Waals surface area (Å²) in [5.41, 5.74) is 1.22. The minimum atomic E-state index is -0.712. The van der Waals surface area contributed by atoms with Crippen molar-refractivity contribution in [3.8, 4) is 5.75 Å². The van der Waals surface area contributed by atoms with E-state index in [1.807, 2.05) is 48.6 Å². The first kappa shape index (κ1) is 19.8. The molecule has 2 bridgehead atoms. The second kappa shape index (κ2) is 7.50. The molecule has 7 nitrogen and oxygen atoms in total. The van der Waals surface area contributed by atoms with E-state index in [9.17, 15) is 9.59 Å². The Labute approximate surface area is 181 Å². The number of benzene rings is 1. The molecule has 0 radical (unpaired) electrons. The molecule has 2 aromatic rings. The van der Waals surface area contributed by atoms with Crippen LogP contribution in [-0.2, 0) is 27.4 Å². The number of carbonyl (C=O) groups is 2. The number of methoxy groups -OCH3 is 1. The number of fused-ring (bicyclic) bond motifs is 1. The topological polar surface area (TPSA) is 72.0 Å². The van der Waals surface area contributed by atoms with Crippen LogP contribution in [0.3, 0.4) is 0 Å². The molecular formula is C24H25N3O4. The zero-order chi connectivity index (χ0) is 21.6. The van der Waals surface area contributed by atoms with E-state index in [0.717, 1.165) is 16.9 Å². The Morgan fingerprint density at radius 2 is 2.16 bits per heavy atom. The number of amides is 2. The van der Waals surface area contributed by atoms with Gasteiger partial charge in [0.15, 0.2) is 0 Å². The number of rotatable bonds is 6. The lowest BCUT2D eigenvalue weighted by atomic mass is 9.76. The fourth-order valence-corrected chi connectivity index (χ4v) is 5.08. The second-order valence-corrected chi connectivity index (χ2v) is 8.50. The Morgan fingerprint density at radius 3 is 2.94 bits per heavy atom. The molecule has 5 rings (SSSR count). The van der Waals surface area contributed by atoms with Gasteiger partial charge >= 0.3 is 0 Å². The fraction of sp³-hybridized carbons (Fsp3) is 0.375. The molecule has 2 fully saturated rings. The van der Waals surface area contributed by atoms with Crippen molar-refractivity contribution in [2.45, 2.75) is 24.8 Å². The van der Waals surface area contributed by atoms with E-state index in [0.29, 0.717) is 19.6 Å². The average molecular weight is 419 g/mol. The maximum Gasteiger partial charge on any atom is 0.230 e. The summed E-state index contributed by atoms with van der Waals surface area (Å²) < 4.78 is 11.5. The molecule has 2 unspecified atom stereocenters. The first-order chi connectivity index (χ1) is 15.0. The Hall–Kier alpha value is -3.19. The first-order valence-electron chi connectivity index (χ1n) is 10.4. The minimum absolute atomic E-state index is 0.0252. The highest BCUT2D eigenvalue weighted by atomic mass is 16.5. The summed E-state index contributed by atoms with van der Waals surface area (Å²) >= 11 is 0. The van der Waals surface area contributed by atoms with Gasteiger partial charge in [0.2, 0.25) is 11.8 Å².